The standard InChI is InChI=1S/C21H29F2N7O.C2H4O.CH4O/c1-3-5-15-6-7-19(31)30(12-15)13-17(28(2)25)20(24)16-10-27-18(11-26-16)29-9-4-8-21(22,23)14-29;1-2-3;1-2/h6-7,10-12H,3-5,8-9,13-14,24-25H2,1-2H3;2H,1H3;2H,1H3/b20-17-;;. The Morgan fingerprint density at radius 2 is 1.94 bits per heavy atom. The number of nitrogens with two attached hydrogens (primary N) is 2. The number of alkyl halides is 2. The number of allylic oxidation sites excluding steroid dienone is 1. The minimum absolute atomic E-state index is 0.115. The summed E-state index contributed by atoms with van der Waals surface area (Å²) in [5, 5.41) is 8.34. The van der Waals surface area contributed by atoms with Crippen molar-refractivity contribution >= 4 is 17.8 Å². The maximum Gasteiger partial charge on any atom is 0.265 e. The number of hydrazine groups is 1. The van der Waals surface area contributed by atoms with Gasteiger partial charge in [-0.3, -0.25) is 4.79 Å². The molecule has 5 N–H and O–H groups in total. The topological polar surface area (TPSA) is 144 Å². The third-order valence-electron chi connectivity index (χ3n) is 5.27. The molecule has 3 heterocycles. The highest BCUT2D eigenvalue weighted by atomic mass is 19.3. The number of rotatable bonds is 7. The molecule has 3 rings (SSSR count). The van der Waals surface area contributed by atoms with Crippen molar-refractivity contribution in [3.63, 3.8) is 0 Å². The molecule has 2 aromatic heterocycles. The average Bonchev–Trinajstić information content (AvgIpc) is 2.85. The molecule has 12 heteroatoms. The molecule has 1 aliphatic rings. The number of nitrogens with zero attached hydrogens (tertiary/aromatic N) is 5. The molecular formula is C24H37F2N7O3. The van der Waals surface area contributed by atoms with Crippen molar-refractivity contribution in [1.82, 2.24) is 19.5 Å². The minimum atomic E-state index is -2.73. The SMILES string of the molecule is CC=O.CCCc1ccc(=O)n(C/C(=C(/N)c2cnc(N3CCCC(F)(F)C3)cn2)N(C)N)c1.CO. The summed E-state index contributed by atoms with van der Waals surface area (Å²) in [4.78, 5) is 31.2. The number of pyridine rings is 1. The summed E-state index contributed by atoms with van der Waals surface area (Å²) in [5.41, 5.74) is 8.30. The summed E-state index contributed by atoms with van der Waals surface area (Å²) in [6.45, 7) is 3.81. The van der Waals surface area contributed by atoms with Crippen molar-refractivity contribution in [3.05, 3.63) is 58.0 Å². The fourth-order valence-electron chi connectivity index (χ4n) is 3.62. The zero-order valence-electron chi connectivity index (χ0n) is 21.3. The van der Waals surface area contributed by atoms with Crippen LogP contribution in [0.5, 0.6) is 0 Å². The van der Waals surface area contributed by atoms with Gasteiger partial charge in [0.15, 0.2) is 0 Å². The van der Waals surface area contributed by atoms with Crippen molar-refractivity contribution in [2.45, 2.75) is 52.0 Å². The first-order valence-corrected chi connectivity index (χ1v) is 11.6. The largest absolute Gasteiger partial charge is 0.400 e. The molecule has 200 valence electrons. The van der Waals surface area contributed by atoms with Crippen LogP contribution >= 0.6 is 0 Å². The Bertz CT molecular complexity index is 1040. The molecule has 1 fully saturated rings. The number of halogens is 2. The summed E-state index contributed by atoms with van der Waals surface area (Å²) in [7, 11) is 2.63. The van der Waals surface area contributed by atoms with E-state index in [0.29, 0.717) is 30.2 Å². The third-order valence-corrected chi connectivity index (χ3v) is 5.27. The van der Waals surface area contributed by atoms with Gasteiger partial charge in [0.25, 0.3) is 11.5 Å². The number of hydrogen-bond acceptors (Lipinski definition) is 9. The number of aliphatic hydroxyl groups is 1. The smallest absolute Gasteiger partial charge is 0.265 e. The third kappa shape index (κ3) is 9.00. The van der Waals surface area contributed by atoms with E-state index in [1.807, 2.05) is 6.07 Å². The lowest BCUT2D eigenvalue weighted by molar-refractivity contribution is -0.106. The van der Waals surface area contributed by atoms with Gasteiger partial charge < -0.3 is 30.1 Å². The fraction of sp³-hybridized carbons (Fsp3) is 0.500. The quantitative estimate of drug-likeness (QED) is 0.289. The van der Waals surface area contributed by atoms with Gasteiger partial charge in [0.1, 0.15) is 17.8 Å². The van der Waals surface area contributed by atoms with Crippen molar-refractivity contribution in [2.75, 3.05) is 32.1 Å². The predicted octanol–water partition coefficient (Wildman–Crippen LogP) is 1.77. The first kappa shape index (κ1) is 30.7. The molecule has 1 aliphatic heterocycles. The molecule has 2 aromatic rings. The van der Waals surface area contributed by atoms with E-state index >= 15 is 0 Å². The van der Waals surface area contributed by atoms with E-state index in [4.69, 9.17) is 21.5 Å². The Hall–Kier alpha value is -3.38. The molecule has 0 aromatic carbocycles. The van der Waals surface area contributed by atoms with E-state index in [1.54, 1.807) is 17.8 Å². The number of aromatic nitrogens is 3. The van der Waals surface area contributed by atoms with E-state index < -0.39 is 5.92 Å². The number of carbonyl (C=O) groups is 1. The predicted molar refractivity (Wildman–Crippen MR) is 136 cm³/mol. The number of hydrogen-bond donors (Lipinski definition) is 3. The Morgan fingerprint density at radius 1 is 1.28 bits per heavy atom. The van der Waals surface area contributed by atoms with Crippen LogP contribution in [0.2, 0.25) is 0 Å². The van der Waals surface area contributed by atoms with E-state index in [1.165, 1.54) is 35.3 Å². The van der Waals surface area contributed by atoms with Crippen molar-refractivity contribution < 1.29 is 18.7 Å². The van der Waals surface area contributed by atoms with Crippen LogP contribution in [-0.2, 0) is 17.8 Å². The van der Waals surface area contributed by atoms with Gasteiger partial charge in [-0.2, -0.15) is 0 Å². The monoisotopic (exact) mass is 509 g/mol. The van der Waals surface area contributed by atoms with Crippen LogP contribution in [0, 0.1) is 0 Å². The second-order valence-corrected chi connectivity index (χ2v) is 8.10. The second kappa shape index (κ2) is 14.9. The van der Waals surface area contributed by atoms with Gasteiger partial charge in [-0.05, 0) is 25.3 Å². The molecule has 10 nitrogen and oxygen atoms in total. The lowest BCUT2D eigenvalue weighted by Gasteiger charge is -2.33. The molecule has 0 radical (unpaired) electrons. The number of anilines is 1. The minimum Gasteiger partial charge on any atom is -0.400 e. The van der Waals surface area contributed by atoms with Crippen molar-refractivity contribution in [2.24, 2.45) is 11.6 Å². The maximum absolute atomic E-state index is 13.7. The van der Waals surface area contributed by atoms with E-state index in [-0.39, 0.29) is 30.8 Å². The molecule has 1 saturated heterocycles. The first-order chi connectivity index (χ1) is 17.1. The zero-order chi connectivity index (χ0) is 27.3. The molecule has 0 aliphatic carbocycles. The van der Waals surface area contributed by atoms with Crippen LogP contribution in [0.25, 0.3) is 5.70 Å². The lowest BCUT2D eigenvalue weighted by Crippen LogP contribution is -2.43. The van der Waals surface area contributed by atoms with Crippen molar-refractivity contribution in [3.8, 4) is 0 Å². The van der Waals surface area contributed by atoms with Gasteiger partial charge in [0, 0.05) is 39.4 Å². The molecule has 0 unspecified atom stereocenters. The van der Waals surface area contributed by atoms with Gasteiger partial charge in [0.2, 0.25) is 0 Å². The molecular weight excluding hydrogens is 472 g/mol. The Kier molecular flexibility index (Phi) is 12.7. The Labute approximate surface area is 210 Å². The highest BCUT2D eigenvalue weighted by Crippen LogP contribution is 2.29. The van der Waals surface area contributed by atoms with Crippen LogP contribution in [-0.4, -0.2) is 64.1 Å². The van der Waals surface area contributed by atoms with Crippen LogP contribution in [0.15, 0.2) is 41.2 Å². The normalized spacial score (nSPS) is 14.9. The van der Waals surface area contributed by atoms with E-state index in [9.17, 15) is 13.6 Å². The Morgan fingerprint density at radius 3 is 2.47 bits per heavy atom. The highest BCUT2D eigenvalue weighted by Gasteiger charge is 2.35. The van der Waals surface area contributed by atoms with Gasteiger partial charge in [0.05, 0.1) is 36.9 Å². The van der Waals surface area contributed by atoms with Gasteiger partial charge in [-0.15, -0.1) is 0 Å². The number of aryl methyl sites for hydroxylation is 1. The van der Waals surface area contributed by atoms with Crippen LogP contribution in [0.4, 0.5) is 14.6 Å². The fourth-order valence-corrected chi connectivity index (χ4v) is 3.62. The number of likely N-dealkylation sites (N-methyl/N-ethyl adjacent to an activating group) is 1. The van der Waals surface area contributed by atoms with Crippen LogP contribution in [0.3, 0.4) is 0 Å². The molecule has 0 atom stereocenters. The maximum atomic E-state index is 13.7. The van der Waals surface area contributed by atoms with Gasteiger partial charge >= 0.3 is 0 Å². The number of piperidine rings is 1. The lowest BCUT2D eigenvalue weighted by atomic mass is 10.1. The molecule has 0 amide bonds. The van der Waals surface area contributed by atoms with Crippen molar-refractivity contribution in [1.29, 1.82) is 0 Å². The first-order valence-electron chi connectivity index (χ1n) is 11.6. The highest BCUT2D eigenvalue weighted by molar-refractivity contribution is 5.62. The van der Waals surface area contributed by atoms with Crippen LogP contribution in [0.1, 0.15) is 44.4 Å². The van der Waals surface area contributed by atoms with E-state index in [0.717, 1.165) is 31.8 Å². The summed E-state index contributed by atoms with van der Waals surface area (Å²) in [5.74, 6) is 3.63. The molecule has 0 saturated carbocycles. The summed E-state index contributed by atoms with van der Waals surface area (Å²) in [6.07, 6.45) is 7.53. The number of aliphatic hydroxyl groups excluding tert-OH is 1. The average molecular weight is 510 g/mol. The summed E-state index contributed by atoms with van der Waals surface area (Å²) in [6, 6.07) is 3.34. The molecule has 0 spiro atoms. The molecule has 36 heavy (non-hydrogen) atoms. The zero-order valence-corrected chi connectivity index (χ0v) is 21.3. The summed E-state index contributed by atoms with van der Waals surface area (Å²) >= 11 is 0. The van der Waals surface area contributed by atoms with Gasteiger partial charge in [-0.1, -0.05) is 19.4 Å². The molecule has 0 bridgehead atoms. The second-order valence-electron chi connectivity index (χ2n) is 8.10. The number of aldehydes is 1. The Balaban J connectivity index is 0.00000120. The van der Waals surface area contributed by atoms with Gasteiger partial charge in [-0.25, -0.2) is 24.6 Å². The van der Waals surface area contributed by atoms with E-state index in [2.05, 4.69) is 16.9 Å². The van der Waals surface area contributed by atoms with Crippen LogP contribution < -0.4 is 22.0 Å². The number of carbonyl (C=O) groups excluding carboxylic acids is 1. The summed E-state index contributed by atoms with van der Waals surface area (Å²) < 4.78 is 28.9.